The van der Waals surface area contributed by atoms with Gasteiger partial charge in [-0.3, -0.25) is 25.2 Å². The van der Waals surface area contributed by atoms with Crippen LogP contribution in [0.5, 0.6) is 5.75 Å². The monoisotopic (exact) mass is 322 g/mol. The highest BCUT2D eigenvalue weighted by Gasteiger charge is 2.15. The third-order valence-electron chi connectivity index (χ3n) is 3.28. The second-order valence-electron chi connectivity index (χ2n) is 5.29. The molecule has 2 amide bonds. The number of hydrogen-bond acceptors (Lipinski definition) is 4. The Hall–Kier alpha value is -2.57. The minimum absolute atomic E-state index is 0.0268. The van der Waals surface area contributed by atoms with E-state index in [1.165, 1.54) is 0 Å². The van der Waals surface area contributed by atoms with Crippen molar-refractivity contribution >= 4 is 17.8 Å². The molecular weight excluding hydrogens is 300 g/mol. The molecule has 1 aromatic carbocycles. The molecule has 1 rings (SSSR count). The van der Waals surface area contributed by atoms with Gasteiger partial charge >= 0.3 is 5.97 Å². The molecule has 0 fully saturated rings. The molecule has 0 unspecified atom stereocenters. The molecular formula is C16H22N2O5. The molecule has 1 atom stereocenters. The maximum atomic E-state index is 11.8. The van der Waals surface area contributed by atoms with E-state index in [4.69, 9.17) is 9.84 Å². The first kappa shape index (κ1) is 18.5. The Bertz CT molecular complexity index is 586. The maximum Gasteiger partial charge on any atom is 0.303 e. The lowest BCUT2D eigenvalue weighted by Gasteiger charge is -2.16. The van der Waals surface area contributed by atoms with Crippen molar-refractivity contribution in [2.75, 3.05) is 0 Å². The highest BCUT2D eigenvalue weighted by Crippen LogP contribution is 2.17. The van der Waals surface area contributed by atoms with Crippen LogP contribution in [0.4, 0.5) is 0 Å². The third-order valence-corrected chi connectivity index (χ3v) is 3.28. The summed E-state index contributed by atoms with van der Waals surface area (Å²) in [6.07, 6.45) is -0.630. The first-order valence-corrected chi connectivity index (χ1v) is 7.34. The van der Waals surface area contributed by atoms with E-state index in [-0.39, 0.29) is 19.3 Å². The van der Waals surface area contributed by atoms with Crippen LogP contribution in [0.3, 0.4) is 0 Å². The van der Waals surface area contributed by atoms with Crippen molar-refractivity contribution in [3.63, 3.8) is 0 Å². The zero-order valence-corrected chi connectivity index (χ0v) is 13.5. The van der Waals surface area contributed by atoms with Crippen LogP contribution in [0.15, 0.2) is 18.2 Å². The van der Waals surface area contributed by atoms with Gasteiger partial charge in [-0.25, -0.2) is 0 Å². The van der Waals surface area contributed by atoms with E-state index in [9.17, 15) is 14.4 Å². The molecule has 0 aliphatic heterocycles. The van der Waals surface area contributed by atoms with Crippen molar-refractivity contribution in [2.45, 2.75) is 46.1 Å². The van der Waals surface area contributed by atoms with Gasteiger partial charge in [0.05, 0.1) is 0 Å². The summed E-state index contributed by atoms with van der Waals surface area (Å²) in [6, 6.07) is 5.51. The fourth-order valence-electron chi connectivity index (χ4n) is 1.74. The van der Waals surface area contributed by atoms with Crippen molar-refractivity contribution < 1.29 is 24.2 Å². The maximum absolute atomic E-state index is 11.8. The van der Waals surface area contributed by atoms with Gasteiger partial charge in [0.2, 0.25) is 5.91 Å². The Kier molecular flexibility index (Phi) is 7.05. The van der Waals surface area contributed by atoms with Crippen molar-refractivity contribution in [1.82, 2.24) is 10.9 Å². The zero-order valence-electron chi connectivity index (χ0n) is 13.5. The summed E-state index contributed by atoms with van der Waals surface area (Å²) < 4.78 is 5.52. The third kappa shape index (κ3) is 6.82. The van der Waals surface area contributed by atoms with E-state index in [1.807, 2.05) is 26.0 Å². The van der Waals surface area contributed by atoms with E-state index < -0.39 is 23.9 Å². The van der Waals surface area contributed by atoms with Crippen molar-refractivity contribution in [3.8, 4) is 5.75 Å². The van der Waals surface area contributed by atoms with Crippen LogP contribution in [-0.2, 0) is 14.4 Å². The van der Waals surface area contributed by atoms with Crippen LogP contribution in [0.2, 0.25) is 0 Å². The smallest absolute Gasteiger partial charge is 0.303 e. The van der Waals surface area contributed by atoms with E-state index in [0.717, 1.165) is 11.1 Å². The van der Waals surface area contributed by atoms with Crippen molar-refractivity contribution in [2.24, 2.45) is 0 Å². The number of ether oxygens (including phenoxy) is 1. The number of hydrazine groups is 1. The molecule has 0 aliphatic carbocycles. The van der Waals surface area contributed by atoms with Crippen molar-refractivity contribution in [1.29, 1.82) is 0 Å². The molecule has 0 radical (unpaired) electrons. The van der Waals surface area contributed by atoms with Gasteiger partial charge < -0.3 is 9.84 Å². The molecule has 1 aromatic rings. The molecule has 0 heterocycles. The SMILES string of the molecule is Cc1ccc(O[C@H](C)C(=O)NNC(=O)CCCC(=O)O)cc1C. The van der Waals surface area contributed by atoms with Crippen LogP contribution < -0.4 is 15.6 Å². The number of carboxylic acids is 1. The number of benzene rings is 1. The van der Waals surface area contributed by atoms with Gasteiger partial charge in [0.15, 0.2) is 6.10 Å². The molecule has 0 aliphatic rings. The highest BCUT2D eigenvalue weighted by atomic mass is 16.5. The number of carboxylic acid groups (broad SMARTS) is 1. The van der Waals surface area contributed by atoms with Crippen LogP contribution in [-0.4, -0.2) is 29.0 Å². The van der Waals surface area contributed by atoms with E-state index in [0.29, 0.717) is 5.75 Å². The topological polar surface area (TPSA) is 105 Å². The minimum atomic E-state index is -0.961. The summed E-state index contributed by atoms with van der Waals surface area (Å²) in [5, 5.41) is 8.48. The Labute approximate surface area is 135 Å². The first-order valence-electron chi connectivity index (χ1n) is 7.34. The van der Waals surface area contributed by atoms with Gasteiger partial charge in [-0.05, 0) is 50.5 Å². The van der Waals surface area contributed by atoms with E-state index >= 15 is 0 Å². The second-order valence-corrected chi connectivity index (χ2v) is 5.29. The zero-order chi connectivity index (χ0) is 17.4. The number of carbonyl (C=O) groups is 3. The summed E-state index contributed by atoms with van der Waals surface area (Å²) in [4.78, 5) is 33.6. The van der Waals surface area contributed by atoms with Gasteiger partial charge in [-0.2, -0.15) is 0 Å². The Morgan fingerprint density at radius 3 is 2.43 bits per heavy atom. The summed E-state index contributed by atoms with van der Waals surface area (Å²) in [7, 11) is 0. The second kappa shape index (κ2) is 8.77. The van der Waals surface area contributed by atoms with Crippen LogP contribution in [0, 0.1) is 13.8 Å². The molecule has 23 heavy (non-hydrogen) atoms. The fourth-order valence-corrected chi connectivity index (χ4v) is 1.74. The highest BCUT2D eigenvalue weighted by molar-refractivity contribution is 5.84. The quantitative estimate of drug-likeness (QED) is 0.659. The first-order chi connectivity index (χ1) is 10.8. The van der Waals surface area contributed by atoms with Gasteiger partial charge in [0.1, 0.15) is 5.75 Å². The molecule has 0 bridgehead atoms. The van der Waals surface area contributed by atoms with E-state index in [2.05, 4.69) is 10.9 Å². The average molecular weight is 322 g/mol. The van der Waals surface area contributed by atoms with Crippen molar-refractivity contribution in [3.05, 3.63) is 29.3 Å². The van der Waals surface area contributed by atoms with Crippen LogP contribution in [0.1, 0.15) is 37.3 Å². The van der Waals surface area contributed by atoms with E-state index in [1.54, 1.807) is 13.0 Å². The number of amides is 2. The molecule has 7 nitrogen and oxygen atoms in total. The molecule has 0 saturated heterocycles. The predicted molar refractivity (Wildman–Crippen MR) is 83.8 cm³/mol. The lowest BCUT2D eigenvalue weighted by atomic mass is 10.1. The molecule has 126 valence electrons. The van der Waals surface area contributed by atoms with Gasteiger partial charge in [-0.15, -0.1) is 0 Å². The predicted octanol–water partition coefficient (Wildman–Crippen LogP) is 1.47. The van der Waals surface area contributed by atoms with Crippen LogP contribution in [0.25, 0.3) is 0 Å². The summed E-state index contributed by atoms with van der Waals surface area (Å²) in [6.45, 7) is 5.50. The molecule has 0 aromatic heterocycles. The van der Waals surface area contributed by atoms with Gasteiger partial charge in [0, 0.05) is 12.8 Å². The Morgan fingerprint density at radius 2 is 1.83 bits per heavy atom. The molecule has 0 saturated carbocycles. The minimum Gasteiger partial charge on any atom is -0.481 e. The number of aryl methyl sites for hydroxylation is 2. The lowest BCUT2D eigenvalue weighted by molar-refractivity contribution is -0.137. The average Bonchev–Trinajstić information content (AvgIpc) is 2.48. The molecule has 3 N–H and O–H groups in total. The number of carbonyl (C=O) groups excluding carboxylic acids is 2. The lowest BCUT2D eigenvalue weighted by Crippen LogP contribution is -2.47. The largest absolute Gasteiger partial charge is 0.481 e. The molecule has 7 heteroatoms. The summed E-state index contributed by atoms with van der Waals surface area (Å²) in [5.74, 6) is -1.33. The molecule has 0 spiro atoms. The fraction of sp³-hybridized carbons (Fsp3) is 0.438. The number of rotatable bonds is 7. The van der Waals surface area contributed by atoms with Gasteiger partial charge in [0.25, 0.3) is 5.91 Å². The Morgan fingerprint density at radius 1 is 1.13 bits per heavy atom. The normalized spacial score (nSPS) is 11.4. The van der Waals surface area contributed by atoms with Crippen LogP contribution >= 0.6 is 0 Å². The number of hydrogen-bond donors (Lipinski definition) is 3. The number of aliphatic carboxylic acids is 1. The summed E-state index contributed by atoms with van der Waals surface area (Å²) >= 11 is 0. The standard InChI is InChI=1S/C16H22N2O5/c1-10-7-8-13(9-11(10)2)23-12(3)16(22)18-17-14(19)5-4-6-15(20)21/h7-9,12H,4-6H2,1-3H3,(H,17,19)(H,18,22)(H,20,21)/t12-/m1/s1. The Balaban J connectivity index is 2.37. The van der Waals surface area contributed by atoms with Gasteiger partial charge in [-0.1, -0.05) is 6.07 Å². The number of nitrogens with one attached hydrogen (secondary N) is 2. The summed E-state index contributed by atoms with van der Waals surface area (Å²) in [5.41, 5.74) is 6.67.